The van der Waals surface area contributed by atoms with E-state index in [0.29, 0.717) is 61.7 Å². The van der Waals surface area contributed by atoms with E-state index in [1.54, 1.807) is 30.6 Å². The van der Waals surface area contributed by atoms with E-state index < -0.39 is 35.8 Å². The van der Waals surface area contributed by atoms with Gasteiger partial charge in [-0.25, -0.2) is 81.7 Å². The zero-order chi connectivity index (χ0) is 88.6. The monoisotopic (exact) mass is 1780 g/mol. The SMILES string of the molecule is Cc1ccc(-c2noc(Cn3nc(-c4cnc(OCC5(F)COC5)nc4)ccc3=O)n2)cc1.O=c1ccc(-c2cnc(OCC(F)(F)F)nc2)nn1Cc1ncc(-c2ccccc2)s1.O=c1ccc(-c2cnc(OCC3(F)COC3)nc2)nn1Cc1nc(-c2ccccc2)no1.O=c1ccc(-c2cnc(OCC3(F)COC3)nc2)nn1Cc1ncc(-c2ccccc2)s1. The third-order valence-corrected chi connectivity index (χ3v) is 20.8. The number of aromatic nitrogens is 22. The molecule has 3 fully saturated rings. The number of nitrogens with zero attached hydrogens (tertiary/aromatic N) is 22. The summed E-state index contributed by atoms with van der Waals surface area (Å²) in [7, 11) is 0. The van der Waals surface area contributed by atoms with Crippen molar-refractivity contribution in [2.45, 2.75) is 56.3 Å². The second-order valence-corrected chi connectivity index (χ2v) is 31.0. The van der Waals surface area contributed by atoms with Crippen LogP contribution in [0.25, 0.3) is 88.7 Å². The zero-order valence-electron chi connectivity index (χ0n) is 67.0. The topological polar surface area (TPSA) is 411 Å². The van der Waals surface area contributed by atoms with Crippen LogP contribution in [0.3, 0.4) is 0 Å². The van der Waals surface area contributed by atoms with E-state index in [-0.39, 0.29) is 138 Å². The number of ether oxygens (including phenoxy) is 7. The first-order valence-corrected chi connectivity index (χ1v) is 40.4. The summed E-state index contributed by atoms with van der Waals surface area (Å²) >= 11 is 2.97. The predicted octanol–water partition coefficient (Wildman–Crippen LogP) is 10.9. The Bertz CT molecular complexity index is 6490. The molecule has 0 unspecified atom stereocenters. The normalized spacial score (nSPS) is 13.9. The minimum Gasteiger partial charge on any atom is -0.460 e. The van der Waals surface area contributed by atoms with Crippen LogP contribution in [0.2, 0.25) is 0 Å². The number of alkyl halides is 6. The maximum absolute atomic E-state index is 13.9. The number of benzene rings is 4. The van der Waals surface area contributed by atoms with Crippen molar-refractivity contribution in [1.29, 1.82) is 0 Å². The molecule has 0 amide bonds. The van der Waals surface area contributed by atoms with E-state index in [0.717, 1.165) is 42.6 Å². The van der Waals surface area contributed by atoms with E-state index in [9.17, 15) is 45.5 Å². The molecular weight excluding hydrogens is 1720 g/mol. The molecule has 19 rings (SSSR count). The fourth-order valence-corrected chi connectivity index (χ4v) is 13.6. The van der Waals surface area contributed by atoms with Gasteiger partial charge in [-0.05, 0) is 42.3 Å². The minimum atomic E-state index is -4.48. The largest absolute Gasteiger partial charge is 0.460 e. The molecule has 3 saturated heterocycles. The molecular formula is C85H68F6N22O13S2. The van der Waals surface area contributed by atoms with Gasteiger partial charge in [0, 0.05) is 120 Å². The van der Waals surface area contributed by atoms with Crippen LogP contribution in [0.15, 0.2) is 254 Å². The van der Waals surface area contributed by atoms with Crippen LogP contribution < -0.4 is 41.2 Å². The highest BCUT2D eigenvalue weighted by Gasteiger charge is 2.42. The minimum absolute atomic E-state index is 0.00308. The van der Waals surface area contributed by atoms with Crippen molar-refractivity contribution >= 4 is 22.7 Å². The lowest BCUT2D eigenvalue weighted by molar-refractivity contribution is -0.154. The first-order chi connectivity index (χ1) is 62.0. The first kappa shape index (κ1) is 86.4. The Morgan fingerprint density at radius 2 is 0.648 bits per heavy atom. The van der Waals surface area contributed by atoms with E-state index >= 15 is 0 Å². The predicted molar refractivity (Wildman–Crippen MR) is 446 cm³/mol. The molecule has 0 saturated carbocycles. The highest BCUT2D eigenvalue weighted by atomic mass is 32.1. The molecule has 3 aliphatic heterocycles. The molecule has 0 aliphatic carbocycles. The lowest BCUT2D eigenvalue weighted by atomic mass is 10.1. The highest BCUT2D eigenvalue weighted by molar-refractivity contribution is 7.15. The Kier molecular flexibility index (Phi) is 26.3. The maximum Gasteiger partial charge on any atom is 0.422 e. The van der Waals surface area contributed by atoms with Gasteiger partial charge in [-0.1, -0.05) is 131 Å². The molecule has 128 heavy (non-hydrogen) atoms. The van der Waals surface area contributed by atoms with E-state index in [4.69, 9.17) is 37.5 Å². The summed E-state index contributed by atoms with van der Waals surface area (Å²) in [4.78, 5) is 101. The molecule has 35 nitrogen and oxygen atoms in total. The van der Waals surface area contributed by atoms with Gasteiger partial charge in [-0.15, -0.1) is 22.7 Å². The molecule has 650 valence electrons. The second-order valence-electron chi connectivity index (χ2n) is 28.8. The molecule has 43 heteroatoms. The summed E-state index contributed by atoms with van der Waals surface area (Å²) in [6, 6.07) is 48.3. The average molecular weight is 1780 g/mol. The molecule has 0 N–H and O–H groups in total. The van der Waals surface area contributed by atoms with Gasteiger partial charge in [-0.2, -0.15) is 43.5 Å². The Morgan fingerprint density at radius 1 is 0.352 bits per heavy atom. The Labute approximate surface area is 726 Å². The van der Waals surface area contributed by atoms with Crippen LogP contribution in [-0.2, 0) is 40.4 Å². The third kappa shape index (κ3) is 22.7. The molecule has 4 aromatic carbocycles. The van der Waals surface area contributed by atoms with Gasteiger partial charge < -0.3 is 42.2 Å². The van der Waals surface area contributed by atoms with Crippen LogP contribution in [0.4, 0.5) is 26.3 Å². The van der Waals surface area contributed by atoms with Gasteiger partial charge in [0.2, 0.25) is 23.4 Å². The number of hydrogen-bond donors (Lipinski definition) is 0. The van der Waals surface area contributed by atoms with Gasteiger partial charge in [0.1, 0.15) is 42.9 Å². The van der Waals surface area contributed by atoms with Gasteiger partial charge in [0.25, 0.3) is 22.2 Å². The van der Waals surface area contributed by atoms with Gasteiger partial charge in [0.15, 0.2) is 23.6 Å². The summed E-state index contributed by atoms with van der Waals surface area (Å²) in [6.45, 7) is 0.502. The standard InChI is InChI=1S/C22H19FN6O4.C22H18FN5O3S.C21H17FN6O4.C20H14F3N5O2S/c1-14-2-4-15(5-3-14)20-26-18(33-28-20)10-29-19(30)7-6-17(27-29)16-8-24-21(25-9-16)32-13-22(23)11-31-12-22;23-22(12-30-13-22)14-31-21-25-8-16(9-26-21)17-6-7-20(29)28(27-17)11-19-24-10-18(32-19)15-4-2-1-3-5-15;22-21(11-30-12-21)13-31-20-23-8-15(9-24-20)16-6-7-18(29)28(26-16)10-17-25-19(27-32-17)14-4-2-1-3-5-14;21-20(22,23)12-30-19-25-8-14(9-26-19)15-6-7-18(29)28(27-15)11-17-24-10-16(31-17)13-4-2-1-3-5-13/h2-9H,10-13H2,1H3;1-10H,11-14H2;1-9H,10-13H2;1-10H,11-12H2. The summed E-state index contributed by atoms with van der Waals surface area (Å²) < 4.78 is 129. The van der Waals surface area contributed by atoms with Crippen molar-refractivity contribution in [3.8, 4) is 113 Å². The van der Waals surface area contributed by atoms with Crippen LogP contribution in [0.5, 0.6) is 24.0 Å². The Balaban J connectivity index is 0.000000125. The molecule has 0 radical (unpaired) electrons. The Morgan fingerprint density at radius 3 is 0.953 bits per heavy atom. The summed E-state index contributed by atoms with van der Waals surface area (Å²) in [6.07, 6.45) is 10.6. The lowest BCUT2D eigenvalue weighted by Gasteiger charge is -2.32. The fourth-order valence-electron chi connectivity index (χ4n) is 11.8. The molecule has 0 atom stereocenters. The average Bonchev–Trinajstić information content (AvgIpc) is 1.31. The lowest BCUT2D eigenvalue weighted by Crippen LogP contribution is -2.50. The van der Waals surface area contributed by atoms with E-state index in [2.05, 4.69) is 95.3 Å². The number of hydrogen-bond acceptors (Lipinski definition) is 33. The molecule has 0 spiro atoms. The highest BCUT2D eigenvalue weighted by Crippen LogP contribution is 2.31. The van der Waals surface area contributed by atoms with Crippen molar-refractivity contribution in [3.63, 3.8) is 0 Å². The van der Waals surface area contributed by atoms with E-state index in [1.165, 1.54) is 121 Å². The van der Waals surface area contributed by atoms with Crippen LogP contribution in [0, 0.1) is 6.92 Å². The van der Waals surface area contributed by atoms with Crippen molar-refractivity contribution in [2.75, 3.05) is 66.1 Å². The van der Waals surface area contributed by atoms with Gasteiger partial charge in [0.05, 0.1) is 85.3 Å². The summed E-state index contributed by atoms with van der Waals surface area (Å²) in [5.74, 6) is 1.35. The summed E-state index contributed by atoms with van der Waals surface area (Å²) in [5, 5.41) is 26.8. The third-order valence-electron chi connectivity index (χ3n) is 18.7. The van der Waals surface area contributed by atoms with Crippen molar-refractivity contribution < 1.29 is 68.5 Å². The van der Waals surface area contributed by atoms with E-state index in [1.807, 2.05) is 122 Å². The van der Waals surface area contributed by atoms with Crippen molar-refractivity contribution in [2.24, 2.45) is 0 Å². The molecule has 15 heterocycles. The zero-order valence-corrected chi connectivity index (χ0v) is 68.6. The molecule has 0 bridgehead atoms. The number of rotatable bonds is 27. The first-order valence-electron chi connectivity index (χ1n) is 38.8. The van der Waals surface area contributed by atoms with Crippen LogP contribution >= 0.6 is 22.7 Å². The smallest absolute Gasteiger partial charge is 0.422 e. The maximum atomic E-state index is 13.9. The summed E-state index contributed by atoms with van der Waals surface area (Å²) in [5.41, 5.74) is 3.19. The Hall–Kier alpha value is -15.1. The van der Waals surface area contributed by atoms with Gasteiger partial charge in [-0.3, -0.25) is 19.2 Å². The van der Waals surface area contributed by atoms with Gasteiger partial charge >= 0.3 is 30.2 Å². The van der Waals surface area contributed by atoms with Crippen molar-refractivity contribution in [3.05, 3.63) is 295 Å². The molecule has 16 aromatic rings. The quantitative estimate of drug-likeness (QED) is 0.0431. The number of halogens is 6. The second kappa shape index (κ2) is 39.0. The van der Waals surface area contributed by atoms with Crippen LogP contribution in [-0.4, -0.2) is 198 Å². The number of thiazole rings is 2. The molecule has 12 aromatic heterocycles. The fraction of sp³-hybridized carbons (Fsp3) is 0.224. The molecule has 3 aliphatic rings. The number of aryl methyl sites for hydroxylation is 1. The van der Waals surface area contributed by atoms with Crippen molar-refractivity contribution in [1.82, 2.24) is 109 Å². The van der Waals surface area contributed by atoms with Crippen LogP contribution in [0.1, 0.15) is 27.4 Å².